The molecule has 3 aromatic heterocycles. The molecular formula is C18H20N6O2. The van der Waals surface area contributed by atoms with E-state index in [4.69, 9.17) is 4.74 Å². The van der Waals surface area contributed by atoms with Crippen LogP contribution >= 0.6 is 0 Å². The summed E-state index contributed by atoms with van der Waals surface area (Å²) in [5.74, 6) is 1.22. The number of rotatable bonds is 4. The summed E-state index contributed by atoms with van der Waals surface area (Å²) in [6.45, 7) is 2.94. The molecule has 2 fully saturated rings. The lowest BCUT2D eigenvalue weighted by atomic mass is 10.1. The van der Waals surface area contributed by atoms with Gasteiger partial charge in [-0.25, -0.2) is 14.6 Å². The molecular weight excluding hydrogens is 332 g/mol. The van der Waals surface area contributed by atoms with Gasteiger partial charge in [-0.3, -0.25) is 4.79 Å². The van der Waals surface area contributed by atoms with Crippen LogP contribution in [0.2, 0.25) is 0 Å². The highest BCUT2D eigenvalue weighted by Gasteiger charge is 2.33. The predicted molar refractivity (Wildman–Crippen MR) is 96.4 cm³/mol. The fourth-order valence-electron chi connectivity index (χ4n) is 3.55. The normalized spacial score (nSPS) is 22.8. The van der Waals surface area contributed by atoms with Crippen molar-refractivity contribution >= 4 is 16.9 Å². The van der Waals surface area contributed by atoms with Crippen LogP contribution in [-0.2, 0) is 4.74 Å². The van der Waals surface area contributed by atoms with Crippen molar-refractivity contribution in [1.82, 2.24) is 24.7 Å². The van der Waals surface area contributed by atoms with Crippen molar-refractivity contribution in [3.63, 3.8) is 0 Å². The molecule has 0 spiro atoms. The van der Waals surface area contributed by atoms with Gasteiger partial charge in [0.2, 0.25) is 0 Å². The number of anilines is 1. The van der Waals surface area contributed by atoms with Gasteiger partial charge in [-0.05, 0) is 31.9 Å². The molecule has 1 saturated heterocycles. The number of hydrogen-bond acceptors (Lipinski definition) is 6. The van der Waals surface area contributed by atoms with Crippen molar-refractivity contribution < 1.29 is 4.74 Å². The predicted octanol–water partition coefficient (Wildman–Crippen LogP) is 1.75. The smallest absolute Gasteiger partial charge is 0.267 e. The molecule has 134 valence electrons. The second-order valence-electron chi connectivity index (χ2n) is 7.11. The summed E-state index contributed by atoms with van der Waals surface area (Å²) in [4.78, 5) is 24.3. The number of H-pyrrole nitrogens is 1. The van der Waals surface area contributed by atoms with Crippen LogP contribution < -0.4 is 10.9 Å². The standard InChI is InChI=1S/C18H20N6O2/c1-10-6-13-17(21-10)18(20-9-19-13)22-14-7-26-8-15(14)24-16(25)5-4-12(23-24)11-2-3-11/h4-6,9,11,14-15,21H,2-3,7-8H2,1H3,(H,19,20,22). The summed E-state index contributed by atoms with van der Waals surface area (Å²) < 4.78 is 7.25. The molecule has 2 unspecified atom stereocenters. The van der Waals surface area contributed by atoms with Gasteiger partial charge in [-0.2, -0.15) is 5.10 Å². The highest BCUT2D eigenvalue weighted by Crippen LogP contribution is 2.38. The number of aryl methyl sites for hydroxylation is 1. The second-order valence-corrected chi connectivity index (χ2v) is 7.11. The Morgan fingerprint density at radius 3 is 3.00 bits per heavy atom. The fourth-order valence-corrected chi connectivity index (χ4v) is 3.55. The van der Waals surface area contributed by atoms with E-state index in [9.17, 15) is 4.79 Å². The number of fused-ring (bicyclic) bond motifs is 1. The Morgan fingerprint density at radius 1 is 1.27 bits per heavy atom. The van der Waals surface area contributed by atoms with Crippen LogP contribution in [0.4, 0.5) is 5.82 Å². The minimum Gasteiger partial charge on any atom is -0.377 e. The first-order chi connectivity index (χ1) is 12.7. The zero-order valence-electron chi connectivity index (χ0n) is 14.5. The zero-order chi connectivity index (χ0) is 17.7. The summed E-state index contributed by atoms with van der Waals surface area (Å²) in [6.07, 6.45) is 3.85. The number of nitrogens with one attached hydrogen (secondary N) is 2. The average Bonchev–Trinajstić information content (AvgIpc) is 3.25. The fraction of sp³-hybridized carbons (Fsp3) is 0.444. The third-order valence-electron chi connectivity index (χ3n) is 5.08. The van der Waals surface area contributed by atoms with Gasteiger partial charge in [0.1, 0.15) is 17.9 Å². The monoisotopic (exact) mass is 352 g/mol. The molecule has 8 heteroatoms. The van der Waals surface area contributed by atoms with Gasteiger partial charge in [0, 0.05) is 17.7 Å². The molecule has 1 saturated carbocycles. The van der Waals surface area contributed by atoms with Gasteiger partial charge >= 0.3 is 0 Å². The summed E-state index contributed by atoms with van der Waals surface area (Å²) >= 11 is 0. The maximum absolute atomic E-state index is 12.4. The highest BCUT2D eigenvalue weighted by molar-refractivity contribution is 5.86. The van der Waals surface area contributed by atoms with Crippen LogP contribution in [0.5, 0.6) is 0 Å². The molecule has 1 aliphatic heterocycles. The topological polar surface area (TPSA) is 97.7 Å². The van der Waals surface area contributed by atoms with Crippen LogP contribution in [0.3, 0.4) is 0 Å². The summed E-state index contributed by atoms with van der Waals surface area (Å²) in [7, 11) is 0. The van der Waals surface area contributed by atoms with Crippen molar-refractivity contribution in [2.45, 2.75) is 37.8 Å². The van der Waals surface area contributed by atoms with E-state index in [0.717, 1.165) is 41.1 Å². The van der Waals surface area contributed by atoms with Gasteiger partial charge in [0.05, 0.1) is 30.5 Å². The van der Waals surface area contributed by atoms with E-state index in [0.29, 0.717) is 19.1 Å². The third-order valence-corrected chi connectivity index (χ3v) is 5.08. The molecule has 2 aliphatic rings. The van der Waals surface area contributed by atoms with Gasteiger partial charge < -0.3 is 15.0 Å². The second kappa shape index (κ2) is 5.91. The Hall–Kier alpha value is -2.74. The largest absolute Gasteiger partial charge is 0.377 e. The Morgan fingerprint density at radius 2 is 2.15 bits per heavy atom. The summed E-state index contributed by atoms with van der Waals surface area (Å²) in [5.41, 5.74) is 3.65. The molecule has 8 nitrogen and oxygen atoms in total. The molecule has 3 aromatic rings. The van der Waals surface area contributed by atoms with E-state index in [-0.39, 0.29) is 17.6 Å². The summed E-state index contributed by atoms with van der Waals surface area (Å²) in [5, 5.41) is 8.05. The van der Waals surface area contributed by atoms with E-state index >= 15 is 0 Å². The molecule has 0 radical (unpaired) electrons. The van der Waals surface area contributed by atoms with Crippen LogP contribution in [0.25, 0.3) is 11.0 Å². The first-order valence-corrected chi connectivity index (χ1v) is 8.93. The van der Waals surface area contributed by atoms with Crippen molar-refractivity contribution in [2.24, 2.45) is 0 Å². The molecule has 1 aliphatic carbocycles. The SMILES string of the molecule is Cc1cc2ncnc(NC3COCC3n3nc(C4CC4)ccc3=O)c2[nH]1. The number of nitrogens with zero attached hydrogens (tertiary/aromatic N) is 4. The maximum Gasteiger partial charge on any atom is 0.267 e. The number of hydrogen-bond donors (Lipinski definition) is 2. The van der Waals surface area contributed by atoms with Crippen molar-refractivity contribution in [1.29, 1.82) is 0 Å². The third kappa shape index (κ3) is 2.66. The lowest BCUT2D eigenvalue weighted by Gasteiger charge is -2.21. The lowest BCUT2D eigenvalue weighted by Crippen LogP contribution is -2.37. The number of aromatic amines is 1. The Bertz CT molecular complexity index is 1020. The Kier molecular flexibility index (Phi) is 3.53. The Balaban J connectivity index is 1.47. The van der Waals surface area contributed by atoms with Crippen LogP contribution in [-0.4, -0.2) is 44.0 Å². The Labute approximate surface area is 149 Å². The van der Waals surface area contributed by atoms with Gasteiger partial charge in [0.25, 0.3) is 5.56 Å². The van der Waals surface area contributed by atoms with Crippen LogP contribution in [0.1, 0.15) is 36.2 Å². The maximum atomic E-state index is 12.4. The molecule has 2 atom stereocenters. The molecule has 0 aromatic carbocycles. The van der Waals surface area contributed by atoms with E-state index in [1.165, 1.54) is 0 Å². The van der Waals surface area contributed by atoms with Gasteiger partial charge in [-0.15, -0.1) is 0 Å². The van der Waals surface area contributed by atoms with Crippen LogP contribution in [0.15, 0.2) is 29.3 Å². The molecule has 2 N–H and O–H groups in total. The lowest BCUT2D eigenvalue weighted by molar-refractivity contribution is 0.182. The molecule has 4 heterocycles. The van der Waals surface area contributed by atoms with E-state index < -0.39 is 0 Å². The summed E-state index contributed by atoms with van der Waals surface area (Å²) in [6, 6.07) is 5.20. The van der Waals surface area contributed by atoms with Crippen molar-refractivity contribution in [3.8, 4) is 0 Å². The first kappa shape index (κ1) is 15.5. The van der Waals surface area contributed by atoms with Crippen LogP contribution in [0, 0.1) is 6.92 Å². The number of ether oxygens (including phenoxy) is 1. The molecule has 0 bridgehead atoms. The first-order valence-electron chi connectivity index (χ1n) is 8.93. The molecule has 0 amide bonds. The highest BCUT2D eigenvalue weighted by atomic mass is 16.5. The van der Waals surface area contributed by atoms with E-state index in [1.54, 1.807) is 17.1 Å². The zero-order valence-corrected chi connectivity index (χ0v) is 14.5. The van der Waals surface area contributed by atoms with Crippen molar-refractivity contribution in [3.05, 3.63) is 46.3 Å². The quantitative estimate of drug-likeness (QED) is 0.742. The van der Waals surface area contributed by atoms with E-state index in [2.05, 4.69) is 25.4 Å². The molecule has 26 heavy (non-hydrogen) atoms. The van der Waals surface area contributed by atoms with Crippen molar-refractivity contribution in [2.75, 3.05) is 18.5 Å². The molecule has 5 rings (SSSR count). The van der Waals surface area contributed by atoms with Gasteiger partial charge in [-0.1, -0.05) is 0 Å². The number of aromatic nitrogens is 5. The minimum absolute atomic E-state index is 0.0867. The van der Waals surface area contributed by atoms with Gasteiger partial charge in [0.15, 0.2) is 5.82 Å². The van der Waals surface area contributed by atoms with E-state index in [1.807, 2.05) is 19.1 Å². The average molecular weight is 352 g/mol. The minimum atomic E-state index is -0.165.